The number of nitrogens with zero attached hydrogens (tertiary/aromatic N) is 1. The highest BCUT2D eigenvalue weighted by molar-refractivity contribution is 5.86. The molecule has 5 rings (SSSR count). The van der Waals surface area contributed by atoms with Crippen LogP contribution in [0.4, 0.5) is 0 Å². The quantitative estimate of drug-likeness (QED) is 0.757. The Bertz CT molecular complexity index is 1010. The number of carbonyl (C=O) groups excluding carboxylic acids is 1. The molecule has 2 aromatic carbocycles. The summed E-state index contributed by atoms with van der Waals surface area (Å²) in [7, 11) is 0. The SMILES string of the molecule is O=C(C[C@H](c1cccc2c1OCO2)c1c[nH]c2ccccc12)N1CCOCC1. The van der Waals surface area contributed by atoms with Gasteiger partial charge in [-0.05, 0) is 17.7 Å². The number of amides is 1. The summed E-state index contributed by atoms with van der Waals surface area (Å²) in [6, 6.07) is 14.1. The second-order valence-corrected chi connectivity index (χ2v) is 7.12. The molecule has 0 saturated carbocycles. The monoisotopic (exact) mass is 378 g/mol. The Balaban J connectivity index is 1.57. The van der Waals surface area contributed by atoms with Gasteiger partial charge in [-0.2, -0.15) is 0 Å². The van der Waals surface area contributed by atoms with Gasteiger partial charge in [-0.25, -0.2) is 0 Å². The summed E-state index contributed by atoms with van der Waals surface area (Å²) in [4.78, 5) is 18.3. The van der Waals surface area contributed by atoms with Crippen molar-refractivity contribution in [3.8, 4) is 11.5 Å². The number of ether oxygens (including phenoxy) is 3. The molecule has 3 heterocycles. The fourth-order valence-corrected chi connectivity index (χ4v) is 4.11. The van der Waals surface area contributed by atoms with E-state index in [9.17, 15) is 4.79 Å². The number of morpholine rings is 1. The lowest BCUT2D eigenvalue weighted by Crippen LogP contribution is -2.41. The number of aromatic amines is 1. The van der Waals surface area contributed by atoms with Crippen molar-refractivity contribution in [3.63, 3.8) is 0 Å². The van der Waals surface area contributed by atoms with Gasteiger partial charge in [0.1, 0.15) is 0 Å². The van der Waals surface area contributed by atoms with Gasteiger partial charge in [0.25, 0.3) is 0 Å². The second kappa shape index (κ2) is 7.20. The van der Waals surface area contributed by atoms with E-state index in [0.29, 0.717) is 32.7 Å². The summed E-state index contributed by atoms with van der Waals surface area (Å²) < 4.78 is 16.7. The zero-order chi connectivity index (χ0) is 18.9. The maximum atomic E-state index is 13.1. The van der Waals surface area contributed by atoms with Crippen molar-refractivity contribution in [1.29, 1.82) is 0 Å². The molecule has 0 unspecified atom stereocenters. The van der Waals surface area contributed by atoms with E-state index < -0.39 is 0 Å². The molecule has 6 heteroatoms. The van der Waals surface area contributed by atoms with Crippen LogP contribution in [-0.4, -0.2) is 48.9 Å². The van der Waals surface area contributed by atoms with Crippen LogP contribution < -0.4 is 9.47 Å². The average Bonchev–Trinajstić information content (AvgIpc) is 3.39. The molecule has 1 saturated heterocycles. The van der Waals surface area contributed by atoms with Crippen LogP contribution in [0.25, 0.3) is 10.9 Å². The van der Waals surface area contributed by atoms with Gasteiger partial charge in [-0.1, -0.05) is 30.3 Å². The van der Waals surface area contributed by atoms with E-state index >= 15 is 0 Å². The number of carbonyl (C=O) groups is 1. The highest BCUT2D eigenvalue weighted by Gasteiger charge is 2.30. The van der Waals surface area contributed by atoms with Crippen LogP contribution in [0.3, 0.4) is 0 Å². The summed E-state index contributed by atoms with van der Waals surface area (Å²) in [6.45, 7) is 2.70. The molecule has 3 aromatic rings. The van der Waals surface area contributed by atoms with Crippen LogP contribution in [0.2, 0.25) is 0 Å². The predicted octanol–water partition coefficient (Wildman–Crippen LogP) is 3.28. The molecular weight excluding hydrogens is 356 g/mol. The van der Waals surface area contributed by atoms with E-state index in [1.807, 2.05) is 41.4 Å². The maximum absolute atomic E-state index is 13.1. The largest absolute Gasteiger partial charge is 0.454 e. The number of hydrogen-bond acceptors (Lipinski definition) is 4. The second-order valence-electron chi connectivity index (χ2n) is 7.12. The van der Waals surface area contributed by atoms with Crippen molar-refractivity contribution >= 4 is 16.8 Å². The number of para-hydroxylation sites is 2. The lowest BCUT2D eigenvalue weighted by molar-refractivity contribution is -0.135. The lowest BCUT2D eigenvalue weighted by atomic mass is 9.87. The molecule has 2 aliphatic rings. The van der Waals surface area contributed by atoms with Crippen molar-refractivity contribution in [3.05, 3.63) is 59.8 Å². The average molecular weight is 378 g/mol. The maximum Gasteiger partial charge on any atom is 0.231 e. The fourth-order valence-electron chi connectivity index (χ4n) is 4.11. The number of benzene rings is 2. The topological polar surface area (TPSA) is 63.8 Å². The van der Waals surface area contributed by atoms with Crippen LogP contribution in [0.1, 0.15) is 23.5 Å². The molecule has 2 aliphatic heterocycles. The molecule has 1 N–H and O–H groups in total. The first-order chi connectivity index (χ1) is 13.8. The number of aromatic nitrogens is 1. The molecule has 1 fully saturated rings. The molecule has 0 spiro atoms. The molecule has 0 radical (unpaired) electrons. The lowest BCUT2D eigenvalue weighted by Gasteiger charge is -2.29. The summed E-state index contributed by atoms with van der Waals surface area (Å²) in [5, 5.41) is 1.12. The van der Waals surface area contributed by atoms with E-state index in [1.54, 1.807) is 0 Å². The van der Waals surface area contributed by atoms with Gasteiger partial charge >= 0.3 is 0 Å². The molecule has 6 nitrogen and oxygen atoms in total. The van der Waals surface area contributed by atoms with E-state index in [-0.39, 0.29) is 18.6 Å². The summed E-state index contributed by atoms with van der Waals surface area (Å²) >= 11 is 0. The van der Waals surface area contributed by atoms with Crippen LogP contribution in [-0.2, 0) is 9.53 Å². The minimum absolute atomic E-state index is 0.122. The molecule has 1 aromatic heterocycles. The molecule has 28 heavy (non-hydrogen) atoms. The zero-order valence-corrected chi connectivity index (χ0v) is 15.5. The third-order valence-electron chi connectivity index (χ3n) is 5.54. The van der Waals surface area contributed by atoms with Gasteiger partial charge in [-0.15, -0.1) is 0 Å². The minimum atomic E-state index is -0.122. The summed E-state index contributed by atoms with van der Waals surface area (Å²) in [5.41, 5.74) is 3.15. The van der Waals surface area contributed by atoms with Crippen LogP contribution >= 0.6 is 0 Å². The number of fused-ring (bicyclic) bond motifs is 2. The summed E-state index contributed by atoms with van der Waals surface area (Å²) in [6.07, 6.45) is 2.39. The van der Waals surface area contributed by atoms with E-state index in [2.05, 4.69) is 17.1 Å². The Labute approximate surface area is 163 Å². The van der Waals surface area contributed by atoms with E-state index in [1.165, 1.54) is 0 Å². The van der Waals surface area contributed by atoms with Crippen molar-refractivity contribution in [2.24, 2.45) is 0 Å². The molecule has 0 bridgehead atoms. The van der Waals surface area contributed by atoms with E-state index in [0.717, 1.165) is 33.5 Å². The Hall–Kier alpha value is -2.99. The van der Waals surface area contributed by atoms with Crippen molar-refractivity contribution in [2.45, 2.75) is 12.3 Å². The predicted molar refractivity (Wildman–Crippen MR) is 105 cm³/mol. The van der Waals surface area contributed by atoms with Crippen molar-refractivity contribution in [2.75, 3.05) is 33.1 Å². The van der Waals surface area contributed by atoms with Gasteiger partial charge in [-0.3, -0.25) is 4.79 Å². The van der Waals surface area contributed by atoms with Crippen molar-refractivity contribution in [1.82, 2.24) is 9.88 Å². The van der Waals surface area contributed by atoms with E-state index in [4.69, 9.17) is 14.2 Å². The first kappa shape index (κ1) is 17.1. The smallest absolute Gasteiger partial charge is 0.231 e. The first-order valence-corrected chi connectivity index (χ1v) is 9.61. The fraction of sp³-hybridized carbons (Fsp3) is 0.318. The minimum Gasteiger partial charge on any atom is -0.454 e. The third-order valence-corrected chi connectivity index (χ3v) is 5.54. The number of hydrogen-bond donors (Lipinski definition) is 1. The molecule has 144 valence electrons. The van der Waals surface area contributed by atoms with Crippen LogP contribution in [0.5, 0.6) is 11.5 Å². The number of rotatable bonds is 4. The van der Waals surface area contributed by atoms with Gasteiger partial charge in [0, 0.05) is 48.1 Å². The van der Waals surface area contributed by atoms with Gasteiger partial charge in [0.05, 0.1) is 13.2 Å². The summed E-state index contributed by atoms with van der Waals surface area (Å²) in [5.74, 6) is 1.49. The van der Waals surface area contributed by atoms with Gasteiger partial charge < -0.3 is 24.1 Å². The Morgan fingerprint density at radius 2 is 1.89 bits per heavy atom. The Kier molecular flexibility index (Phi) is 4.41. The van der Waals surface area contributed by atoms with Crippen molar-refractivity contribution < 1.29 is 19.0 Å². The molecule has 1 atom stereocenters. The normalized spacial score (nSPS) is 17.1. The third kappa shape index (κ3) is 2.99. The van der Waals surface area contributed by atoms with Crippen LogP contribution in [0, 0.1) is 0 Å². The highest BCUT2D eigenvalue weighted by Crippen LogP contribution is 2.44. The molecule has 1 amide bonds. The molecule has 0 aliphatic carbocycles. The molecular formula is C22H22N2O4. The highest BCUT2D eigenvalue weighted by atomic mass is 16.7. The standard InChI is InChI=1S/C22H22N2O4/c25-21(24-8-10-26-11-9-24)12-17(16-5-3-7-20-22(16)28-14-27-20)18-13-23-19-6-2-1-4-15(18)19/h1-7,13,17,23H,8-12,14H2/t17-/m1/s1. The Morgan fingerprint density at radius 3 is 2.79 bits per heavy atom. The van der Waals surface area contributed by atoms with Crippen LogP contribution in [0.15, 0.2) is 48.7 Å². The first-order valence-electron chi connectivity index (χ1n) is 9.61. The number of nitrogens with one attached hydrogen (secondary N) is 1. The zero-order valence-electron chi connectivity index (χ0n) is 15.5. The van der Waals surface area contributed by atoms with Gasteiger partial charge in [0.2, 0.25) is 12.7 Å². The number of H-pyrrole nitrogens is 1. The van der Waals surface area contributed by atoms with Gasteiger partial charge in [0.15, 0.2) is 11.5 Å². The Morgan fingerprint density at radius 1 is 1.04 bits per heavy atom.